The Morgan fingerprint density at radius 2 is 1.77 bits per heavy atom. The second kappa shape index (κ2) is 18.6. The standard InChI is InChI=1S/C36H36IN3O8S2.C2H6/c1-20-16-21(19-38-35(44)48-36(2,3)4)6-8-27(20)40-32(41)25-17-26-29(46-12-10-22-11-14-49-31(22)26)18-24(25)23-7-9-28(33(42)47-13-15-50-37)39-30(23)34(43)45-5;1-2/h6-9,11,14,16-18H,10,12-13,15,19H2,1-5H3,(H,38,44)(H,40,41);1-2H3. The highest BCUT2D eigenvalue weighted by Crippen LogP contribution is 2.43. The fourth-order valence-corrected chi connectivity index (χ4v) is 6.93. The molecule has 2 aromatic carbocycles. The molecular formula is C38H42IN3O8S2. The van der Waals surface area contributed by atoms with Gasteiger partial charge in [0, 0.05) is 51.5 Å². The van der Waals surface area contributed by atoms with Crippen molar-refractivity contribution in [3.63, 3.8) is 0 Å². The Labute approximate surface area is 324 Å². The third-order valence-corrected chi connectivity index (χ3v) is 10.2. The smallest absolute Gasteiger partial charge is 0.407 e. The predicted molar refractivity (Wildman–Crippen MR) is 214 cm³/mol. The molecule has 2 aromatic heterocycles. The number of hydrogen-bond acceptors (Lipinski definition) is 11. The fourth-order valence-electron chi connectivity index (χ4n) is 5.26. The lowest BCUT2D eigenvalue weighted by Crippen LogP contribution is -2.32. The van der Waals surface area contributed by atoms with E-state index >= 15 is 0 Å². The van der Waals surface area contributed by atoms with E-state index in [1.54, 1.807) is 62.4 Å². The number of benzene rings is 2. The molecule has 0 fully saturated rings. The second-order valence-electron chi connectivity index (χ2n) is 12.3. The van der Waals surface area contributed by atoms with Crippen molar-refractivity contribution in [1.82, 2.24) is 10.3 Å². The minimum Gasteiger partial charge on any atom is -0.493 e. The summed E-state index contributed by atoms with van der Waals surface area (Å²) in [5.74, 6) is -0.763. The Morgan fingerprint density at radius 3 is 2.46 bits per heavy atom. The first kappa shape index (κ1) is 40.6. The topological polar surface area (TPSA) is 142 Å². The van der Waals surface area contributed by atoms with E-state index in [-0.39, 0.29) is 35.7 Å². The number of halogens is 1. The molecule has 14 heteroatoms. The van der Waals surface area contributed by atoms with Crippen molar-refractivity contribution in [1.29, 1.82) is 0 Å². The Balaban J connectivity index is 0.00000297. The van der Waals surface area contributed by atoms with Gasteiger partial charge in [0.15, 0.2) is 5.69 Å². The van der Waals surface area contributed by atoms with Crippen molar-refractivity contribution in [2.24, 2.45) is 0 Å². The minimum absolute atomic E-state index is 0.0651. The zero-order valence-electron chi connectivity index (χ0n) is 30.1. The van der Waals surface area contributed by atoms with Gasteiger partial charge in [-0.2, -0.15) is 0 Å². The number of anilines is 1. The molecule has 0 aliphatic carbocycles. The maximum absolute atomic E-state index is 14.3. The molecule has 2 N–H and O–H groups in total. The van der Waals surface area contributed by atoms with E-state index in [9.17, 15) is 19.2 Å². The minimum atomic E-state index is -0.786. The number of hydrogen-bond donors (Lipinski definition) is 2. The van der Waals surface area contributed by atoms with Crippen LogP contribution in [0.4, 0.5) is 10.5 Å². The lowest BCUT2D eigenvalue weighted by molar-refractivity contribution is 0.0511. The maximum Gasteiger partial charge on any atom is 0.407 e. The molecule has 276 valence electrons. The molecule has 0 radical (unpaired) electrons. The number of alkyl carbamates (subject to hydrolysis) is 1. The summed E-state index contributed by atoms with van der Waals surface area (Å²) >= 11 is 3.67. The van der Waals surface area contributed by atoms with Crippen LogP contribution >= 0.6 is 41.5 Å². The lowest BCUT2D eigenvalue weighted by atomic mass is 9.93. The van der Waals surface area contributed by atoms with Gasteiger partial charge in [0.25, 0.3) is 5.91 Å². The van der Waals surface area contributed by atoms with Gasteiger partial charge in [-0.25, -0.2) is 19.4 Å². The zero-order valence-corrected chi connectivity index (χ0v) is 33.9. The van der Waals surface area contributed by atoms with E-state index < -0.39 is 29.5 Å². The van der Waals surface area contributed by atoms with Crippen LogP contribution in [0.1, 0.15) is 82.6 Å². The van der Waals surface area contributed by atoms with Crippen LogP contribution in [0.25, 0.3) is 21.6 Å². The van der Waals surface area contributed by atoms with Crippen LogP contribution in [0.2, 0.25) is 0 Å². The average Bonchev–Trinajstić information content (AvgIpc) is 3.52. The molecule has 0 atom stereocenters. The van der Waals surface area contributed by atoms with Gasteiger partial charge in [-0.15, -0.1) is 11.3 Å². The van der Waals surface area contributed by atoms with Gasteiger partial charge in [0.2, 0.25) is 0 Å². The highest BCUT2D eigenvalue weighted by molar-refractivity contribution is 14.2. The first-order valence-electron chi connectivity index (χ1n) is 16.6. The summed E-state index contributed by atoms with van der Waals surface area (Å²) in [6.45, 7) is 12.1. The van der Waals surface area contributed by atoms with Crippen LogP contribution in [0.3, 0.4) is 0 Å². The van der Waals surface area contributed by atoms with Crippen molar-refractivity contribution in [2.45, 2.75) is 60.1 Å². The molecule has 52 heavy (non-hydrogen) atoms. The Kier molecular flexibility index (Phi) is 14.5. The molecule has 0 spiro atoms. The first-order chi connectivity index (χ1) is 24.9. The average molecular weight is 860 g/mol. The van der Waals surface area contributed by atoms with Gasteiger partial charge in [-0.3, -0.25) is 4.79 Å². The molecule has 1 aliphatic heterocycles. The number of amides is 2. The number of carbonyl (C=O) groups is 4. The van der Waals surface area contributed by atoms with Gasteiger partial charge >= 0.3 is 18.0 Å². The van der Waals surface area contributed by atoms with E-state index in [0.29, 0.717) is 35.8 Å². The van der Waals surface area contributed by atoms with E-state index in [1.165, 1.54) is 22.1 Å². The number of aryl methyl sites for hydroxylation is 1. The molecule has 11 nitrogen and oxygen atoms in total. The number of esters is 2. The SMILES string of the molecule is CC.COC(=O)c1nc(C(=O)OCCSI)ccc1-c1cc2c(cc1C(=O)Nc1ccc(CNC(=O)OC(C)(C)C)cc1C)-c1sccc1CCO2. The zero-order chi connectivity index (χ0) is 38.0. The van der Waals surface area contributed by atoms with Gasteiger partial charge in [0.05, 0.1) is 13.7 Å². The molecule has 3 heterocycles. The fraction of sp³-hybridized carbons (Fsp3) is 0.342. The monoisotopic (exact) mass is 859 g/mol. The van der Waals surface area contributed by atoms with Crippen molar-refractivity contribution in [3.05, 3.63) is 87.6 Å². The third-order valence-electron chi connectivity index (χ3n) is 7.53. The largest absolute Gasteiger partial charge is 0.493 e. The molecular weight excluding hydrogens is 817 g/mol. The predicted octanol–water partition coefficient (Wildman–Crippen LogP) is 9.05. The summed E-state index contributed by atoms with van der Waals surface area (Å²) in [6.07, 6.45) is 0.169. The summed E-state index contributed by atoms with van der Waals surface area (Å²) in [5, 5.41) is 7.77. The summed E-state index contributed by atoms with van der Waals surface area (Å²) < 4.78 is 21.9. The molecule has 0 saturated heterocycles. The molecule has 0 bridgehead atoms. The Bertz CT molecular complexity index is 1940. The summed E-state index contributed by atoms with van der Waals surface area (Å²) in [4.78, 5) is 57.6. The summed E-state index contributed by atoms with van der Waals surface area (Å²) in [5.41, 5.74) is 4.08. The van der Waals surface area contributed by atoms with Crippen molar-refractivity contribution >= 4 is 71.1 Å². The van der Waals surface area contributed by atoms with Crippen LogP contribution in [-0.4, -0.2) is 60.6 Å². The quantitative estimate of drug-likeness (QED) is 0.0687. The van der Waals surface area contributed by atoms with Gasteiger partial charge in [-0.05, 0) is 107 Å². The number of nitrogens with one attached hydrogen (secondary N) is 2. The van der Waals surface area contributed by atoms with Crippen LogP contribution in [0, 0.1) is 6.92 Å². The van der Waals surface area contributed by atoms with Crippen LogP contribution in [0.15, 0.2) is 53.9 Å². The van der Waals surface area contributed by atoms with E-state index in [0.717, 1.165) is 27.1 Å². The molecule has 2 amide bonds. The number of nitrogens with zero attached hydrogens (tertiary/aromatic N) is 1. The van der Waals surface area contributed by atoms with E-state index in [1.807, 2.05) is 38.3 Å². The first-order valence-corrected chi connectivity index (χ1v) is 21.0. The normalized spacial score (nSPS) is 11.7. The van der Waals surface area contributed by atoms with Crippen LogP contribution in [-0.2, 0) is 27.2 Å². The van der Waals surface area contributed by atoms with Gasteiger partial charge in [0.1, 0.15) is 23.7 Å². The maximum atomic E-state index is 14.3. The van der Waals surface area contributed by atoms with Crippen molar-refractivity contribution in [3.8, 4) is 27.3 Å². The molecule has 5 rings (SSSR count). The van der Waals surface area contributed by atoms with Gasteiger partial charge in [-0.1, -0.05) is 34.9 Å². The van der Waals surface area contributed by atoms with Crippen LogP contribution < -0.4 is 15.4 Å². The number of ether oxygens (including phenoxy) is 4. The van der Waals surface area contributed by atoms with Crippen molar-refractivity contribution < 1.29 is 38.1 Å². The molecule has 0 saturated carbocycles. The number of rotatable bonds is 10. The lowest BCUT2D eigenvalue weighted by Gasteiger charge is -2.20. The highest BCUT2D eigenvalue weighted by Gasteiger charge is 2.27. The summed E-state index contributed by atoms with van der Waals surface area (Å²) in [7, 11) is 2.72. The van der Waals surface area contributed by atoms with Gasteiger partial charge < -0.3 is 29.6 Å². The third kappa shape index (κ3) is 10.3. The summed E-state index contributed by atoms with van der Waals surface area (Å²) in [6, 6.07) is 14.0. The number of carbonyl (C=O) groups excluding carboxylic acids is 4. The van der Waals surface area contributed by atoms with Crippen molar-refractivity contribution in [2.75, 3.05) is 31.4 Å². The van der Waals surface area contributed by atoms with E-state index in [4.69, 9.17) is 18.9 Å². The number of methoxy groups -OCH3 is 1. The Hall–Kier alpha value is -4.15. The molecule has 4 aromatic rings. The number of pyridine rings is 1. The van der Waals surface area contributed by atoms with Crippen LogP contribution in [0.5, 0.6) is 5.75 Å². The highest BCUT2D eigenvalue weighted by atomic mass is 127. The van der Waals surface area contributed by atoms with E-state index in [2.05, 4.69) is 36.8 Å². The number of aromatic nitrogens is 1. The number of fused-ring (bicyclic) bond motifs is 3. The molecule has 1 aliphatic rings. The molecule has 0 unspecified atom stereocenters. The Morgan fingerprint density at radius 1 is 1.00 bits per heavy atom. The second-order valence-corrected chi connectivity index (χ2v) is 15.7. The number of thiophene rings is 1.